The molecule has 0 spiro atoms. The Balaban J connectivity index is 1.87. The number of rotatable bonds is 6. The minimum Gasteiger partial charge on any atom is -0.462 e. The van der Waals surface area contributed by atoms with Crippen molar-refractivity contribution in [3.63, 3.8) is 0 Å². The van der Waals surface area contributed by atoms with E-state index in [1.54, 1.807) is 37.3 Å². The van der Waals surface area contributed by atoms with Crippen LogP contribution in [0.2, 0.25) is 0 Å². The molecule has 0 atom stereocenters. The second-order valence-corrected chi connectivity index (χ2v) is 6.04. The molecule has 0 bridgehead atoms. The van der Waals surface area contributed by atoms with Crippen LogP contribution in [-0.2, 0) is 17.3 Å². The molecule has 8 heteroatoms. The van der Waals surface area contributed by atoms with Gasteiger partial charge in [0.25, 0.3) is 0 Å². The summed E-state index contributed by atoms with van der Waals surface area (Å²) in [6.07, 6.45) is -3.97. The Bertz CT molecular complexity index is 810. The lowest BCUT2D eigenvalue weighted by atomic mass is 10.1. The molecule has 0 fully saturated rings. The fourth-order valence-electron chi connectivity index (χ4n) is 2.34. The molecular formula is C19H19F3N2O2S. The highest BCUT2D eigenvalue weighted by molar-refractivity contribution is 7.80. The summed E-state index contributed by atoms with van der Waals surface area (Å²) >= 11 is 5.18. The molecule has 2 rings (SSSR count). The maximum absolute atomic E-state index is 12.7. The first-order valence-corrected chi connectivity index (χ1v) is 8.68. The van der Waals surface area contributed by atoms with Crippen LogP contribution >= 0.6 is 12.2 Å². The Morgan fingerprint density at radius 3 is 2.59 bits per heavy atom. The van der Waals surface area contributed by atoms with Crippen LogP contribution in [0.25, 0.3) is 0 Å². The van der Waals surface area contributed by atoms with Crippen molar-refractivity contribution in [3.05, 3.63) is 65.2 Å². The first kappa shape index (κ1) is 20.7. The summed E-state index contributed by atoms with van der Waals surface area (Å²) in [5.74, 6) is -0.426. The van der Waals surface area contributed by atoms with Gasteiger partial charge in [0.15, 0.2) is 5.11 Å². The van der Waals surface area contributed by atoms with Crippen molar-refractivity contribution in [1.29, 1.82) is 0 Å². The second-order valence-electron chi connectivity index (χ2n) is 5.63. The van der Waals surface area contributed by atoms with Gasteiger partial charge in [-0.1, -0.05) is 24.3 Å². The summed E-state index contributed by atoms with van der Waals surface area (Å²) < 4.78 is 43.1. The number of anilines is 1. The molecule has 0 aliphatic heterocycles. The van der Waals surface area contributed by atoms with Crippen LogP contribution < -0.4 is 10.6 Å². The molecule has 4 nitrogen and oxygen atoms in total. The highest BCUT2D eigenvalue weighted by Crippen LogP contribution is 2.29. The van der Waals surface area contributed by atoms with Crippen molar-refractivity contribution in [3.8, 4) is 0 Å². The van der Waals surface area contributed by atoms with Crippen LogP contribution in [0, 0.1) is 0 Å². The lowest BCUT2D eigenvalue weighted by Gasteiger charge is -2.12. The number of thiocarbonyl (C=S) groups is 1. The number of alkyl halides is 3. The SMILES string of the molecule is CCOC(=O)c1cccc(NC(=S)NCCc2cccc(C(F)(F)F)c2)c1. The van der Waals surface area contributed by atoms with Crippen LogP contribution in [-0.4, -0.2) is 24.2 Å². The predicted octanol–water partition coefficient (Wildman–Crippen LogP) is 4.41. The summed E-state index contributed by atoms with van der Waals surface area (Å²) in [6.45, 7) is 2.38. The zero-order chi connectivity index (χ0) is 19.9. The summed E-state index contributed by atoms with van der Waals surface area (Å²) in [5, 5.41) is 6.18. The molecule has 0 aliphatic rings. The average molecular weight is 396 g/mol. The molecule has 0 aliphatic carbocycles. The monoisotopic (exact) mass is 396 g/mol. The van der Waals surface area contributed by atoms with E-state index in [0.29, 0.717) is 34.9 Å². The molecule has 144 valence electrons. The van der Waals surface area contributed by atoms with E-state index in [0.717, 1.165) is 12.1 Å². The number of carbonyl (C=O) groups is 1. The molecule has 0 heterocycles. The van der Waals surface area contributed by atoms with Crippen molar-refractivity contribution in [2.24, 2.45) is 0 Å². The van der Waals surface area contributed by atoms with Crippen LogP contribution in [0.1, 0.15) is 28.4 Å². The van der Waals surface area contributed by atoms with Crippen molar-refractivity contribution in [1.82, 2.24) is 5.32 Å². The van der Waals surface area contributed by atoms with Crippen molar-refractivity contribution in [2.45, 2.75) is 19.5 Å². The molecule has 2 aromatic rings. The predicted molar refractivity (Wildman–Crippen MR) is 102 cm³/mol. The molecule has 2 N–H and O–H groups in total. The normalized spacial score (nSPS) is 11.0. The molecule has 0 aromatic heterocycles. The number of hydrogen-bond donors (Lipinski definition) is 2. The fraction of sp³-hybridized carbons (Fsp3) is 0.263. The molecule has 27 heavy (non-hydrogen) atoms. The van der Waals surface area contributed by atoms with Crippen LogP contribution in [0.4, 0.5) is 18.9 Å². The first-order valence-electron chi connectivity index (χ1n) is 8.27. The zero-order valence-corrected chi connectivity index (χ0v) is 15.4. The molecular weight excluding hydrogens is 377 g/mol. The van der Waals surface area contributed by atoms with Crippen molar-refractivity contribution < 1.29 is 22.7 Å². The third kappa shape index (κ3) is 6.56. The number of ether oxygens (including phenoxy) is 1. The van der Waals surface area contributed by atoms with E-state index in [1.807, 2.05) is 0 Å². The lowest BCUT2D eigenvalue weighted by molar-refractivity contribution is -0.137. The largest absolute Gasteiger partial charge is 0.462 e. The van der Waals surface area contributed by atoms with Gasteiger partial charge in [-0.2, -0.15) is 13.2 Å². The average Bonchev–Trinajstić information content (AvgIpc) is 2.62. The van der Waals surface area contributed by atoms with E-state index >= 15 is 0 Å². The van der Waals surface area contributed by atoms with E-state index in [1.165, 1.54) is 6.07 Å². The third-order valence-electron chi connectivity index (χ3n) is 3.59. The highest BCUT2D eigenvalue weighted by Gasteiger charge is 2.30. The van der Waals surface area contributed by atoms with Gasteiger partial charge in [0.1, 0.15) is 0 Å². The molecule has 0 radical (unpaired) electrons. The van der Waals surface area contributed by atoms with Gasteiger partial charge in [-0.15, -0.1) is 0 Å². The minimum absolute atomic E-state index is 0.284. The van der Waals surface area contributed by atoms with Crippen LogP contribution in [0.15, 0.2) is 48.5 Å². The van der Waals surface area contributed by atoms with Gasteiger partial charge in [0, 0.05) is 12.2 Å². The van der Waals surface area contributed by atoms with Crippen molar-refractivity contribution in [2.75, 3.05) is 18.5 Å². The summed E-state index contributed by atoms with van der Waals surface area (Å²) in [6, 6.07) is 11.9. The van der Waals surface area contributed by atoms with E-state index in [2.05, 4.69) is 10.6 Å². The smallest absolute Gasteiger partial charge is 0.416 e. The number of esters is 1. The maximum atomic E-state index is 12.7. The van der Waals surface area contributed by atoms with Crippen LogP contribution in [0.3, 0.4) is 0 Å². The molecule has 0 unspecified atom stereocenters. The van der Waals surface area contributed by atoms with E-state index < -0.39 is 17.7 Å². The highest BCUT2D eigenvalue weighted by atomic mass is 32.1. The van der Waals surface area contributed by atoms with E-state index in [9.17, 15) is 18.0 Å². The Morgan fingerprint density at radius 2 is 1.89 bits per heavy atom. The van der Waals surface area contributed by atoms with Gasteiger partial charge in [-0.25, -0.2) is 4.79 Å². The number of nitrogens with one attached hydrogen (secondary N) is 2. The molecule has 0 saturated heterocycles. The standard InChI is InChI=1S/C19H19F3N2O2S/c1-2-26-17(25)14-6-4-8-16(12-14)24-18(27)23-10-9-13-5-3-7-15(11-13)19(20,21)22/h3-8,11-12H,2,9-10H2,1H3,(H2,23,24,27). The van der Waals surface area contributed by atoms with Crippen LogP contribution in [0.5, 0.6) is 0 Å². The Morgan fingerprint density at radius 1 is 1.15 bits per heavy atom. The summed E-state index contributed by atoms with van der Waals surface area (Å²) in [4.78, 5) is 11.7. The second kappa shape index (κ2) is 9.36. The Labute approximate surface area is 160 Å². The first-order chi connectivity index (χ1) is 12.8. The fourth-order valence-corrected chi connectivity index (χ4v) is 2.56. The van der Waals surface area contributed by atoms with E-state index in [4.69, 9.17) is 17.0 Å². The number of benzene rings is 2. The summed E-state index contributed by atoms with van der Waals surface area (Å²) in [7, 11) is 0. The van der Waals surface area contributed by atoms with Gasteiger partial charge in [0.2, 0.25) is 0 Å². The van der Waals surface area contributed by atoms with Gasteiger partial charge in [-0.05, 0) is 55.4 Å². The van der Waals surface area contributed by atoms with Gasteiger partial charge in [-0.3, -0.25) is 0 Å². The Kier molecular flexibility index (Phi) is 7.18. The van der Waals surface area contributed by atoms with E-state index in [-0.39, 0.29) is 6.61 Å². The zero-order valence-electron chi connectivity index (χ0n) is 14.6. The third-order valence-corrected chi connectivity index (χ3v) is 3.83. The quantitative estimate of drug-likeness (QED) is 0.560. The van der Waals surface area contributed by atoms with Gasteiger partial charge in [0.05, 0.1) is 17.7 Å². The lowest BCUT2D eigenvalue weighted by Crippen LogP contribution is -2.30. The van der Waals surface area contributed by atoms with Gasteiger partial charge >= 0.3 is 12.1 Å². The number of carbonyl (C=O) groups excluding carboxylic acids is 1. The van der Waals surface area contributed by atoms with Gasteiger partial charge < -0.3 is 15.4 Å². The summed E-state index contributed by atoms with van der Waals surface area (Å²) in [5.41, 5.74) is 0.895. The molecule has 0 saturated carbocycles. The molecule has 0 amide bonds. The minimum atomic E-state index is -4.36. The van der Waals surface area contributed by atoms with Crippen molar-refractivity contribution >= 4 is 29.0 Å². The topological polar surface area (TPSA) is 50.4 Å². The Hall–Kier alpha value is -2.61. The number of hydrogen-bond acceptors (Lipinski definition) is 3. The molecule has 2 aromatic carbocycles. The maximum Gasteiger partial charge on any atom is 0.416 e. The number of halogens is 3.